The Kier molecular flexibility index (Phi) is 3.72. The van der Waals surface area contributed by atoms with Crippen molar-refractivity contribution in [3.8, 4) is 0 Å². The van der Waals surface area contributed by atoms with Crippen LogP contribution in [0.25, 0.3) is 10.9 Å². The minimum absolute atomic E-state index is 0.176. The molecule has 0 spiro atoms. The molecule has 0 saturated carbocycles. The highest BCUT2D eigenvalue weighted by atomic mass is 16.4. The van der Waals surface area contributed by atoms with E-state index >= 15 is 0 Å². The largest absolute Gasteiger partial charge is 0.478 e. The Morgan fingerprint density at radius 1 is 1.44 bits per heavy atom. The number of aromatic amines is 1. The molecule has 0 aliphatic carbocycles. The maximum absolute atomic E-state index is 9.60. The number of carbonyl (C=O) groups is 1. The smallest absolute Gasteiger partial charge is 0.330 e. The Morgan fingerprint density at radius 2 is 2.00 bits per heavy atom. The molecule has 1 aromatic heterocycles. The highest BCUT2D eigenvalue weighted by molar-refractivity contribution is 5.84. The number of anilines is 1. The zero-order valence-electron chi connectivity index (χ0n) is 9.03. The molecule has 4 N–H and O–H groups in total. The lowest BCUT2D eigenvalue weighted by atomic mass is 10.3. The number of carboxylic acid groups (broad SMARTS) is 1. The van der Waals surface area contributed by atoms with E-state index in [1.807, 2.05) is 30.3 Å². The maximum Gasteiger partial charge on any atom is 0.330 e. The zero-order valence-corrected chi connectivity index (χ0v) is 9.03. The zero-order chi connectivity index (χ0) is 12.1. The van der Waals surface area contributed by atoms with Crippen LogP contribution in [-0.2, 0) is 4.79 Å². The van der Waals surface area contributed by atoms with Gasteiger partial charge in [-0.3, -0.25) is 0 Å². The number of aliphatic carboxylic acids is 1. The minimum Gasteiger partial charge on any atom is -0.478 e. The van der Waals surface area contributed by atoms with E-state index in [2.05, 4.69) is 11.6 Å². The summed E-state index contributed by atoms with van der Waals surface area (Å²) in [5, 5.41) is 9.06. The van der Waals surface area contributed by atoms with Crippen molar-refractivity contribution >= 4 is 22.7 Å². The number of nitrogens with one attached hydrogen (secondary N) is 1. The first kappa shape index (κ1) is 11.8. The van der Waals surface area contributed by atoms with Crippen molar-refractivity contribution < 1.29 is 9.90 Å². The quantitative estimate of drug-likeness (QED) is 0.643. The van der Waals surface area contributed by atoms with E-state index < -0.39 is 5.97 Å². The molecule has 1 heterocycles. The van der Waals surface area contributed by atoms with Crippen molar-refractivity contribution in [3.05, 3.63) is 42.5 Å². The van der Waals surface area contributed by atoms with Crippen LogP contribution in [0.5, 0.6) is 0 Å². The average molecular weight is 218 g/mol. The van der Waals surface area contributed by atoms with Gasteiger partial charge in [0.2, 0.25) is 0 Å². The number of nitrogen functional groups attached to an aromatic ring is 1. The molecule has 0 aliphatic heterocycles. The van der Waals surface area contributed by atoms with Gasteiger partial charge in [-0.05, 0) is 19.1 Å². The Hall–Kier alpha value is -2.23. The number of para-hydroxylation sites is 1. The summed E-state index contributed by atoms with van der Waals surface area (Å²) in [6.07, 6.45) is 0. The first-order chi connectivity index (χ1) is 7.50. The van der Waals surface area contributed by atoms with E-state index in [-0.39, 0.29) is 5.57 Å². The number of hydrogen-bond acceptors (Lipinski definition) is 2. The topological polar surface area (TPSA) is 79.1 Å². The Balaban J connectivity index is 0.000000187. The van der Waals surface area contributed by atoms with Crippen LogP contribution in [0.3, 0.4) is 0 Å². The van der Waals surface area contributed by atoms with Gasteiger partial charge in [0.05, 0.1) is 0 Å². The molecule has 1 aromatic carbocycles. The van der Waals surface area contributed by atoms with E-state index in [0.29, 0.717) is 0 Å². The molecule has 0 saturated heterocycles. The van der Waals surface area contributed by atoms with Crippen LogP contribution in [0.2, 0.25) is 0 Å². The van der Waals surface area contributed by atoms with Gasteiger partial charge in [-0.25, -0.2) is 4.79 Å². The third-order valence-electron chi connectivity index (χ3n) is 1.92. The standard InChI is InChI=1S/C8H8N2.C4H6O2/c9-8-5-6-3-1-2-4-7(6)10-8;1-3(2)4(5)6/h1-5,10H,9H2;1H2,2H3,(H,5,6). The predicted octanol–water partition coefficient (Wildman–Crippen LogP) is 2.40. The van der Waals surface area contributed by atoms with Gasteiger partial charge in [0.15, 0.2) is 0 Å². The summed E-state index contributed by atoms with van der Waals surface area (Å²) in [6, 6.07) is 9.94. The number of hydrogen-bond donors (Lipinski definition) is 3. The van der Waals surface area contributed by atoms with Crippen molar-refractivity contribution in [2.45, 2.75) is 6.92 Å². The number of rotatable bonds is 1. The molecule has 0 fully saturated rings. The van der Waals surface area contributed by atoms with E-state index in [4.69, 9.17) is 10.8 Å². The fourth-order valence-corrected chi connectivity index (χ4v) is 1.10. The maximum atomic E-state index is 9.60. The van der Waals surface area contributed by atoms with Crippen molar-refractivity contribution in [2.75, 3.05) is 5.73 Å². The molecular formula is C12H14N2O2. The Morgan fingerprint density at radius 3 is 2.50 bits per heavy atom. The van der Waals surface area contributed by atoms with E-state index in [9.17, 15) is 4.79 Å². The van der Waals surface area contributed by atoms with Gasteiger partial charge in [-0.15, -0.1) is 0 Å². The van der Waals surface area contributed by atoms with Gasteiger partial charge in [-0.1, -0.05) is 24.8 Å². The highest BCUT2D eigenvalue weighted by Gasteiger charge is 1.92. The summed E-state index contributed by atoms with van der Waals surface area (Å²) in [7, 11) is 0. The number of H-pyrrole nitrogens is 1. The molecule has 84 valence electrons. The summed E-state index contributed by atoms with van der Waals surface area (Å²) < 4.78 is 0. The van der Waals surface area contributed by atoms with Gasteiger partial charge < -0.3 is 15.8 Å². The fraction of sp³-hybridized carbons (Fsp3) is 0.0833. The summed E-state index contributed by atoms with van der Waals surface area (Å²) in [5.41, 5.74) is 6.81. The predicted molar refractivity (Wildman–Crippen MR) is 65.2 cm³/mol. The third-order valence-corrected chi connectivity index (χ3v) is 1.92. The van der Waals surface area contributed by atoms with Crippen LogP contribution in [0, 0.1) is 0 Å². The lowest BCUT2D eigenvalue weighted by molar-refractivity contribution is -0.132. The molecule has 0 bridgehead atoms. The van der Waals surface area contributed by atoms with Gasteiger partial charge in [-0.2, -0.15) is 0 Å². The van der Waals surface area contributed by atoms with E-state index in [1.54, 1.807) is 0 Å². The lowest BCUT2D eigenvalue weighted by Gasteiger charge is -1.83. The molecule has 0 radical (unpaired) electrons. The summed E-state index contributed by atoms with van der Waals surface area (Å²) in [6.45, 7) is 4.60. The van der Waals surface area contributed by atoms with Crippen LogP contribution in [-0.4, -0.2) is 16.1 Å². The minimum atomic E-state index is -0.935. The van der Waals surface area contributed by atoms with Gasteiger partial charge in [0.1, 0.15) is 5.82 Å². The average Bonchev–Trinajstić information content (AvgIpc) is 2.58. The molecule has 16 heavy (non-hydrogen) atoms. The van der Waals surface area contributed by atoms with Crippen molar-refractivity contribution in [3.63, 3.8) is 0 Å². The Bertz CT molecular complexity index is 469. The monoisotopic (exact) mass is 218 g/mol. The van der Waals surface area contributed by atoms with Crippen LogP contribution in [0.15, 0.2) is 42.5 Å². The first-order valence-electron chi connectivity index (χ1n) is 4.72. The third kappa shape index (κ3) is 3.16. The highest BCUT2D eigenvalue weighted by Crippen LogP contribution is 2.14. The van der Waals surface area contributed by atoms with Crippen molar-refractivity contribution in [2.24, 2.45) is 0 Å². The second-order valence-corrected chi connectivity index (χ2v) is 3.40. The number of aromatic nitrogens is 1. The first-order valence-corrected chi connectivity index (χ1v) is 4.72. The number of nitrogens with two attached hydrogens (primary N) is 1. The second-order valence-electron chi connectivity index (χ2n) is 3.40. The molecule has 0 amide bonds. The second kappa shape index (κ2) is 5.02. The normalized spacial score (nSPS) is 9.31. The van der Waals surface area contributed by atoms with Crippen molar-refractivity contribution in [1.82, 2.24) is 4.98 Å². The molecule has 0 unspecified atom stereocenters. The summed E-state index contributed by atoms with van der Waals surface area (Å²) in [5.74, 6) is -0.212. The van der Waals surface area contributed by atoms with Crippen LogP contribution in [0.1, 0.15) is 6.92 Å². The summed E-state index contributed by atoms with van der Waals surface area (Å²) >= 11 is 0. The van der Waals surface area contributed by atoms with E-state index in [1.165, 1.54) is 12.3 Å². The molecular weight excluding hydrogens is 204 g/mol. The lowest BCUT2D eigenvalue weighted by Crippen LogP contribution is -1.92. The number of fused-ring (bicyclic) bond motifs is 1. The van der Waals surface area contributed by atoms with Gasteiger partial charge in [0, 0.05) is 16.5 Å². The fourth-order valence-electron chi connectivity index (χ4n) is 1.10. The van der Waals surface area contributed by atoms with Gasteiger partial charge >= 0.3 is 5.97 Å². The SMILES string of the molecule is C=C(C)C(=O)O.Nc1cc2ccccc2[nH]1. The molecule has 0 aliphatic rings. The molecule has 2 aromatic rings. The van der Waals surface area contributed by atoms with Gasteiger partial charge in [0.25, 0.3) is 0 Å². The van der Waals surface area contributed by atoms with Crippen LogP contribution < -0.4 is 5.73 Å². The molecule has 4 nitrogen and oxygen atoms in total. The number of carboxylic acids is 1. The van der Waals surface area contributed by atoms with E-state index in [0.717, 1.165) is 11.3 Å². The summed E-state index contributed by atoms with van der Waals surface area (Å²) in [4.78, 5) is 12.6. The molecule has 4 heteroatoms. The molecule has 2 rings (SSSR count). The Labute approximate surface area is 93.4 Å². The van der Waals surface area contributed by atoms with Crippen LogP contribution >= 0.6 is 0 Å². The van der Waals surface area contributed by atoms with Crippen LogP contribution in [0.4, 0.5) is 5.82 Å². The molecule has 0 atom stereocenters. The van der Waals surface area contributed by atoms with Crippen molar-refractivity contribution in [1.29, 1.82) is 0 Å². The number of benzene rings is 1.